The molecule has 1 amide bonds. The number of amides is 1. The Morgan fingerprint density at radius 1 is 1.08 bits per heavy atom. The average Bonchev–Trinajstić information content (AvgIpc) is 3.40. The lowest BCUT2D eigenvalue weighted by Crippen LogP contribution is -2.25. The molecule has 0 unspecified atom stereocenters. The van der Waals surface area contributed by atoms with Gasteiger partial charge in [-0.25, -0.2) is 27.8 Å². The molecular weight excluding hydrogens is 520 g/mol. The maximum atomic E-state index is 12.9. The second-order valence-corrected chi connectivity index (χ2v) is 11.8. The van der Waals surface area contributed by atoms with Gasteiger partial charge in [0.05, 0.1) is 38.4 Å². The number of nitrogens with zero attached hydrogens (tertiary/aromatic N) is 4. The smallest absolute Gasteiger partial charge is 0.240 e. The summed E-state index contributed by atoms with van der Waals surface area (Å²) in [6.45, 7) is 1.92. The molecule has 2 aromatic carbocycles. The highest BCUT2D eigenvalue weighted by atomic mass is 32.2. The molecule has 1 aliphatic carbocycles. The topological polar surface area (TPSA) is 119 Å². The Hall–Kier alpha value is -3.93. The van der Waals surface area contributed by atoms with Crippen molar-refractivity contribution in [3.8, 4) is 17.1 Å². The Bertz CT molecular complexity index is 1760. The second-order valence-electron chi connectivity index (χ2n) is 9.25. The van der Waals surface area contributed by atoms with Crippen LogP contribution in [0.2, 0.25) is 0 Å². The van der Waals surface area contributed by atoms with Crippen molar-refractivity contribution in [2.24, 2.45) is 0 Å². The predicted octanol–water partition coefficient (Wildman–Crippen LogP) is 4.47. The Kier molecular flexibility index (Phi) is 6.26. The van der Waals surface area contributed by atoms with Crippen LogP contribution in [0.3, 0.4) is 0 Å². The minimum absolute atomic E-state index is 0.0305. The molecule has 1 aliphatic rings. The largest absolute Gasteiger partial charge is 0.326 e. The van der Waals surface area contributed by atoms with Crippen LogP contribution in [0, 0.1) is 6.92 Å². The van der Waals surface area contributed by atoms with Crippen molar-refractivity contribution in [3.05, 3.63) is 83.6 Å². The number of thiazole rings is 1. The highest BCUT2D eigenvalue weighted by molar-refractivity contribution is 7.89. The maximum Gasteiger partial charge on any atom is 0.240 e. The molecule has 0 saturated heterocycles. The van der Waals surface area contributed by atoms with E-state index in [-0.39, 0.29) is 23.3 Å². The van der Waals surface area contributed by atoms with Gasteiger partial charge in [-0.05, 0) is 74.4 Å². The van der Waals surface area contributed by atoms with Gasteiger partial charge in [0.15, 0.2) is 5.82 Å². The van der Waals surface area contributed by atoms with Crippen molar-refractivity contribution in [2.75, 3.05) is 5.32 Å². The fourth-order valence-corrected chi connectivity index (χ4v) is 6.15. The van der Waals surface area contributed by atoms with E-state index in [1.54, 1.807) is 28.2 Å². The first kappa shape index (κ1) is 24.4. The van der Waals surface area contributed by atoms with Crippen molar-refractivity contribution < 1.29 is 13.2 Å². The van der Waals surface area contributed by atoms with Crippen LogP contribution in [-0.4, -0.2) is 40.1 Å². The third-order valence-corrected chi connectivity index (χ3v) is 8.49. The molecule has 9 nitrogen and oxygen atoms in total. The van der Waals surface area contributed by atoms with E-state index in [0.717, 1.165) is 40.0 Å². The Labute approximate surface area is 223 Å². The van der Waals surface area contributed by atoms with Gasteiger partial charge >= 0.3 is 0 Å². The van der Waals surface area contributed by atoms with Crippen LogP contribution in [0.4, 0.5) is 5.69 Å². The Morgan fingerprint density at radius 2 is 1.89 bits per heavy atom. The summed E-state index contributed by atoms with van der Waals surface area (Å²) in [5.74, 6) is 0.399. The maximum absolute atomic E-state index is 12.9. The number of carbonyl (C=O) groups is 1. The van der Waals surface area contributed by atoms with Gasteiger partial charge in [0, 0.05) is 23.0 Å². The number of anilines is 1. The van der Waals surface area contributed by atoms with Gasteiger partial charge in [0.25, 0.3) is 0 Å². The Morgan fingerprint density at radius 3 is 2.66 bits per heavy atom. The molecular formula is C27H24N6O3S2. The number of benzene rings is 2. The molecule has 0 radical (unpaired) electrons. The summed E-state index contributed by atoms with van der Waals surface area (Å²) in [6, 6.07) is 19.8. The molecule has 3 heterocycles. The number of nitrogens with one attached hydrogen (secondary N) is 2. The van der Waals surface area contributed by atoms with E-state index in [9.17, 15) is 13.2 Å². The van der Waals surface area contributed by atoms with Crippen molar-refractivity contribution in [3.63, 3.8) is 0 Å². The number of carbonyl (C=O) groups excluding carboxylic acids is 1. The first-order chi connectivity index (χ1) is 18.3. The summed E-state index contributed by atoms with van der Waals surface area (Å²) in [6.07, 6.45) is 1.77. The Balaban J connectivity index is 1.24. The molecule has 38 heavy (non-hydrogen) atoms. The molecule has 5 aromatic rings. The number of aryl methyl sites for hydroxylation is 1. The lowest BCUT2D eigenvalue weighted by atomic mass is 10.1. The minimum Gasteiger partial charge on any atom is -0.326 e. The number of fused-ring (bicyclic) bond motifs is 1. The SMILES string of the molecule is Cc1cccc(-n2nc(CC(=O)Nc3ccc(S(=O)(=O)NC4CC4)cc3)cc2-c2ccc3ncsc3c2)n1. The van der Waals surface area contributed by atoms with Crippen molar-refractivity contribution in [1.82, 2.24) is 24.5 Å². The lowest BCUT2D eigenvalue weighted by molar-refractivity contribution is -0.115. The van der Waals surface area contributed by atoms with Crippen LogP contribution in [-0.2, 0) is 21.2 Å². The van der Waals surface area contributed by atoms with Crippen molar-refractivity contribution >= 4 is 43.2 Å². The van der Waals surface area contributed by atoms with Gasteiger partial charge in [0.1, 0.15) is 0 Å². The van der Waals surface area contributed by atoms with Crippen LogP contribution in [0.1, 0.15) is 24.2 Å². The predicted molar refractivity (Wildman–Crippen MR) is 147 cm³/mol. The fraction of sp³-hybridized carbons (Fsp3) is 0.185. The molecule has 1 saturated carbocycles. The molecule has 192 valence electrons. The summed E-state index contributed by atoms with van der Waals surface area (Å²) < 4.78 is 30.2. The molecule has 11 heteroatoms. The monoisotopic (exact) mass is 544 g/mol. The zero-order chi connectivity index (χ0) is 26.3. The highest BCUT2D eigenvalue weighted by Crippen LogP contribution is 2.29. The molecule has 6 rings (SSSR count). The van der Waals surface area contributed by atoms with Crippen LogP contribution < -0.4 is 10.0 Å². The molecule has 3 aromatic heterocycles. The summed E-state index contributed by atoms with van der Waals surface area (Å²) in [7, 11) is -3.54. The number of aromatic nitrogens is 4. The van der Waals surface area contributed by atoms with Gasteiger partial charge in [0.2, 0.25) is 15.9 Å². The van der Waals surface area contributed by atoms with Gasteiger partial charge in [-0.3, -0.25) is 4.79 Å². The van der Waals surface area contributed by atoms with Crippen molar-refractivity contribution in [1.29, 1.82) is 0 Å². The third kappa shape index (κ3) is 5.21. The van der Waals surface area contributed by atoms with Gasteiger partial charge in [-0.1, -0.05) is 12.1 Å². The third-order valence-electron chi connectivity index (χ3n) is 6.17. The van der Waals surface area contributed by atoms with Crippen LogP contribution >= 0.6 is 11.3 Å². The second kappa shape index (κ2) is 9.75. The van der Waals surface area contributed by atoms with Gasteiger partial charge in [-0.15, -0.1) is 11.3 Å². The van der Waals surface area contributed by atoms with E-state index in [0.29, 0.717) is 17.2 Å². The number of sulfonamides is 1. The number of hydrogen-bond donors (Lipinski definition) is 2. The molecule has 1 fully saturated rings. The molecule has 2 N–H and O–H groups in total. The van der Waals surface area contributed by atoms with Crippen LogP contribution in [0.5, 0.6) is 0 Å². The van der Waals surface area contributed by atoms with E-state index >= 15 is 0 Å². The summed E-state index contributed by atoms with van der Waals surface area (Å²) in [5.41, 5.74) is 6.46. The first-order valence-corrected chi connectivity index (χ1v) is 14.5. The summed E-state index contributed by atoms with van der Waals surface area (Å²) in [4.78, 5) is 22.1. The normalized spacial score (nSPS) is 13.6. The highest BCUT2D eigenvalue weighted by Gasteiger charge is 2.28. The van der Waals surface area contributed by atoms with Gasteiger partial charge < -0.3 is 5.32 Å². The van der Waals surface area contributed by atoms with E-state index in [1.807, 2.05) is 48.8 Å². The van der Waals surface area contributed by atoms with Gasteiger partial charge in [-0.2, -0.15) is 5.10 Å². The van der Waals surface area contributed by atoms with E-state index in [2.05, 4.69) is 26.1 Å². The molecule has 0 aliphatic heterocycles. The van der Waals surface area contributed by atoms with Crippen LogP contribution in [0.25, 0.3) is 27.3 Å². The van der Waals surface area contributed by atoms with Crippen LogP contribution in [0.15, 0.2) is 77.1 Å². The van der Waals surface area contributed by atoms with E-state index in [1.165, 1.54) is 12.1 Å². The van der Waals surface area contributed by atoms with Crippen molar-refractivity contribution in [2.45, 2.75) is 37.1 Å². The summed E-state index contributed by atoms with van der Waals surface area (Å²) >= 11 is 1.57. The average molecular weight is 545 g/mol. The standard InChI is InChI=1S/C27H24N6O3S2/c1-17-3-2-4-26(29-17)33-24(18-5-12-23-25(13-18)37-16-28-23)14-21(31-33)15-27(34)30-19-8-10-22(11-9-19)38(35,36)32-20-6-7-20/h2-5,8-14,16,20,32H,6-7,15H2,1H3,(H,30,34). The number of hydrogen-bond acceptors (Lipinski definition) is 7. The number of pyridine rings is 1. The molecule has 0 spiro atoms. The van der Waals surface area contributed by atoms with E-state index < -0.39 is 10.0 Å². The molecule has 0 bridgehead atoms. The van der Waals surface area contributed by atoms with E-state index in [4.69, 9.17) is 5.10 Å². The quantitative estimate of drug-likeness (QED) is 0.297. The summed E-state index contributed by atoms with van der Waals surface area (Å²) in [5, 5.41) is 7.56. The fourth-order valence-electron chi connectivity index (χ4n) is 4.13. The minimum atomic E-state index is -3.54. The zero-order valence-corrected chi connectivity index (χ0v) is 22.1. The molecule has 0 atom stereocenters. The first-order valence-electron chi connectivity index (χ1n) is 12.1. The lowest BCUT2D eigenvalue weighted by Gasteiger charge is -2.08. The number of rotatable bonds is 8. The zero-order valence-electron chi connectivity index (χ0n) is 20.5.